The third-order valence-corrected chi connectivity index (χ3v) is 4.93. The second-order valence-electron chi connectivity index (χ2n) is 5.53. The van der Waals surface area contributed by atoms with Crippen molar-refractivity contribution >= 4 is 13.3 Å². The van der Waals surface area contributed by atoms with E-state index < -0.39 is 25.1 Å². The molecule has 0 aliphatic heterocycles. The molecule has 1 atom stereocenters. The molecule has 0 bridgehead atoms. The Kier molecular flexibility index (Phi) is 8.33. The zero-order chi connectivity index (χ0) is 15.8. The summed E-state index contributed by atoms with van der Waals surface area (Å²) in [5.41, 5.74) is 0.636. The number of carbonyl (C=O) groups excluding carboxylic acids is 1. The molecule has 0 amide bonds. The molecule has 0 aliphatic rings. The molecule has 0 saturated heterocycles. The predicted octanol–water partition coefficient (Wildman–Crippen LogP) is 3.52. The van der Waals surface area contributed by atoms with Crippen LogP contribution in [0.15, 0.2) is 11.6 Å². The summed E-state index contributed by atoms with van der Waals surface area (Å²) in [6.07, 6.45) is 3.55. The summed E-state index contributed by atoms with van der Waals surface area (Å²) in [6.45, 7) is 7.73. The second kappa shape index (κ2) is 8.60. The lowest BCUT2D eigenvalue weighted by molar-refractivity contribution is -0.152. The number of allylic oxidation sites excluding steroid dienone is 2. The molecule has 0 radical (unpaired) electrons. The van der Waals surface area contributed by atoms with Crippen LogP contribution in [0.5, 0.6) is 0 Å². The van der Waals surface area contributed by atoms with Crippen molar-refractivity contribution in [2.75, 3.05) is 19.8 Å². The lowest BCUT2D eigenvalue weighted by Crippen LogP contribution is -2.27. The molecule has 118 valence electrons. The normalized spacial score (nSPS) is 15.8. The van der Waals surface area contributed by atoms with Gasteiger partial charge in [0.25, 0.3) is 7.37 Å². The molecule has 20 heavy (non-hydrogen) atoms. The van der Waals surface area contributed by atoms with Crippen molar-refractivity contribution in [1.82, 2.24) is 0 Å². The van der Waals surface area contributed by atoms with E-state index in [0.29, 0.717) is 6.42 Å². The van der Waals surface area contributed by atoms with E-state index >= 15 is 0 Å². The van der Waals surface area contributed by atoms with E-state index in [0.717, 1.165) is 12.8 Å². The standard InChI is InChI=1S/C14H27O5P/c1-6-12(2)8-7-9-14(3,4)13(16)19-11-20(17,10-15)18-5/h8,15H,6-7,9-11H2,1-5H3. The maximum atomic E-state index is 12.0. The SMILES string of the molecule is CCC(C)=CCCC(C)(C)C(=O)OCP(=O)(CO)OC. The summed E-state index contributed by atoms with van der Waals surface area (Å²) in [4.78, 5) is 12.0. The number of ether oxygens (including phenoxy) is 1. The molecule has 0 aliphatic carbocycles. The summed E-state index contributed by atoms with van der Waals surface area (Å²) in [5.74, 6) is -0.425. The van der Waals surface area contributed by atoms with Gasteiger partial charge in [0.2, 0.25) is 0 Å². The first kappa shape index (κ1) is 19.4. The van der Waals surface area contributed by atoms with Crippen molar-refractivity contribution in [2.45, 2.75) is 47.0 Å². The number of aliphatic hydroxyl groups excluding tert-OH is 1. The Balaban J connectivity index is 4.41. The summed E-state index contributed by atoms with van der Waals surface area (Å²) >= 11 is 0. The van der Waals surface area contributed by atoms with E-state index in [9.17, 15) is 9.36 Å². The van der Waals surface area contributed by atoms with Gasteiger partial charge in [-0.1, -0.05) is 18.6 Å². The molecule has 0 saturated carbocycles. The summed E-state index contributed by atoms with van der Waals surface area (Å²) < 4.78 is 21.5. The first-order valence-corrected chi connectivity index (χ1v) is 8.78. The Hall–Kier alpha value is -0.640. The topological polar surface area (TPSA) is 72.8 Å². The van der Waals surface area contributed by atoms with Gasteiger partial charge in [0.15, 0.2) is 6.35 Å². The molecule has 0 heterocycles. The first-order chi connectivity index (χ1) is 9.20. The van der Waals surface area contributed by atoms with Crippen molar-refractivity contribution < 1.29 is 23.7 Å². The molecule has 0 rings (SSSR count). The van der Waals surface area contributed by atoms with Gasteiger partial charge in [-0.05, 0) is 40.0 Å². The molecule has 1 N–H and O–H groups in total. The molecule has 0 aromatic rings. The van der Waals surface area contributed by atoms with Crippen LogP contribution in [-0.2, 0) is 18.6 Å². The number of hydrogen-bond acceptors (Lipinski definition) is 5. The van der Waals surface area contributed by atoms with Crippen LogP contribution in [0.2, 0.25) is 0 Å². The average molecular weight is 306 g/mol. The van der Waals surface area contributed by atoms with Gasteiger partial charge in [-0.3, -0.25) is 9.36 Å². The Labute approximate surface area is 121 Å². The maximum absolute atomic E-state index is 12.0. The minimum absolute atomic E-state index is 0.383. The maximum Gasteiger partial charge on any atom is 0.312 e. The number of rotatable bonds is 9. The summed E-state index contributed by atoms with van der Waals surface area (Å²) in [6, 6.07) is 0. The Morgan fingerprint density at radius 2 is 2.00 bits per heavy atom. The minimum Gasteiger partial charge on any atom is -0.455 e. The second-order valence-corrected chi connectivity index (χ2v) is 8.06. The molecular weight excluding hydrogens is 279 g/mol. The zero-order valence-corrected chi connectivity index (χ0v) is 14.0. The Morgan fingerprint density at radius 1 is 1.40 bits per heavy atom. The van der Waals surface area contributed by atoms with E-state index in [2.05, 4.69) is 19.9 Å². The van der Waals surface area contributed by atoms with E-state index in [4.69, 9.17) is 14.4 Å². The number of aliphatic hydroxyl groups is 1. The molecule has 0 aromatic heterocycles. The van der Waals surface area contributed by atoms with Crippen LogP contribution < -0.4 is 0 Å². The van der Waals surface area contributed by atoms with Gasteiger partial charge in [0, 0.05) is 7.11 Å². The Bertz CT molecular complexity index is 379. The van der Waals surface area contributed by atoms with E-state index in [1.165, 1.54) is 12.7 Å². The van der Waals surface area contributed by atoms with Gasteiger partial charge in [-0.25, -0.2) is 0 Å². The lowest BCUT2D eigenvalue weighted by atomic mass is 9.87. The fourth-order valence-electron chi connectivity index (χ4n) is 1.43. The molecule has 0 spiro atoms. The lowest BCUT2D eigenvalue weighted by Gasteiger charge is -2.23. The van der Waals surface area contributed by atoms with Gasteiger partial charge >= 0.3 is 5.97 Å². The monoisotopic (exact) mass is 306 g/mol. The van der Waals surface area contributed by atoms with Crippen LogP contribution in [0.3, 0.4) is 0 Å². The van der Waals surface area contributed by atoms with Crippen LogP contribution >= 0.6 is 7.37 Å². The average Bonchev–Trinajstić information content (AvgIpc) is 2.43. The Morgan fingerprint density at radius 3 is 2.45 bits per heavy atom. The van der Waals surface area contributed by atoms with Gasteiger partial charge in [0.05, 0.1) is 5.41 Å². The number of hydrogen-bond donors (Lipinski definition) is 1. The number of carbonyl (C=O) groups is 1. The largest absolute Gasteiger partial charge is 0.455 e. The van der Waals surface area contributed by atoms with Gasteiger partial charge in [-0.15, -0.1) is 0 Å². The summed E-state index contributed by atoms with van der Waals surface area (Å²) in [5, 5.41) is 8.94. The van der Waals surface area contributed by atoms with Gasteiger partial charge in [-0.2, -0.15) is 0 Å². The fraction of sp³-hybridized carbons (Fsp3) is 0.786. The van der Waals surface area contributed by atoms with E-state index in [1.807, 2.05) is 0 Å². The van der Waals surface area contributed by atoms with E-state index in [-0.39, 0.29) is 6.35 Å². The van der Waals surface area contributed by atoms with E-state index in [1.54, 1.807) is 13.8 Å². The van der Waals surface area contributed by atoms with Crippen LogP contribution in [0, 0.1) is 5.41 Å². The predicted molar refractivity (Wildman–Crippen MR) is 79.7 cm³/mol. The molecule has 0 aromatic carbocycles. The van der Waals surface area contributed by atoms with Crippen LogP contribution in [0.1, 0.15) is 47.0 Å². The van der Waals surface area contributed by atoms with Crippen molar-refractivity contribution in [1.29, 1.82) is 0 Å². The third kappa shape index (κ3) is 6.69. The summed E-state index contributed by atoms with van der Waals surface area (Å²) in [7, 11) is -2.02. The highest BCUT2D eigenvalue weighted by atomic mass is 31.2. The quantitative estimate of drug-likeness (QED) is 0.401. The molecule has 5 nitrogen and oxygen atoms in total. The molecule has 6 heteroatoms. The van der Waals surface area contributed by atoms with Crippen LogP contribution in [0.4, 0.5) is 0 Å². The van der Waals surface area contributed by atoms with Gasteiger partial charge < -0.3 is 14.4 Å². The molecular formula is C14H27O5P. The molecule has 1 unspecified atom stereocenters. The van der Waals surface area contributed by atoms with Crippen molar-refractivity contribution in [3.8, 4) is 0 Å². The van der Waals surface area contributed by atoms with Crippen molar-refractivity contribution in [3.63, 3.8) is 0 Å². The number of esters is 1. The van der Waals surface area contributed by atoms with Crippen LogP contribution in [0.25, 0.3) is 0 Å². The first-order valence-electron chi connectivity index (χ1n) is 6.78. The highest BCUT2D eigenvalue weighted by molar-refractivity contribution is 7.58. The highest BCUT2D eigenvalue weighted by Gasteiger charge is 2.31. The van der Waals surface area contributed by atoms with Crippen molar-refractivity contribution in [2.24, 2.45) is 5.41 Å². The minimum atomic E-state index is -3.25. The van der Waals surface area contributed by atoms with Crippen LogP contribution in [-0.4, -0.2) is 30.9 Å². The van der Waals surface area contributed by atoms with Gasteiger partial charge in [0.1, 0.15) is 6.35 Å². The smallest absolute Gasteiger partial charge is 0.312 e. The zero-order valence-electron chi connectivity index (χ0n) is 13.1. The van der Waals surface area contributed by atoms with Crippen molar-refractivity contribution in [3.05, 3.63) is 11.6 Å². The highest BCUT2D eigenvalue weighted by Crippen LogP contribution is 2.45. The molecule has 0 fully saturated rings. The fourth-order valence-corrected chi connectivity index (χ4v) is 2.05. The third-order valence-electron chi connectivity index (χ3n) is 3.31.